The fraction of sp³-hybridized carbons (Fsp3) is 0.846. The van der Waals surface area contributed by atoms with E-state index in [1.807, 2.05) is 9.80 Å². The van der Waals surface area contributed by atoms with E-state index >= 15 is 0 Å². The number of aliphatic carboxylic acids is 1. The van der Waals surface area contributed by atoms with Crippen LogP contribution in [0.5, 0.6) is 0 Å². The summed E-state index contributed by atoms with van der Waals surface area (Å²) in [5.74, 6) is -0.615. The number of unbranched alkanes of at least 4 members (excludes halogenated alkanes) is 2. The van der Waals surface area contributed by atoms with Gasteiger partial charge >= 0.3 is 5.97 Å². The first-order chi connectivity index (χ1) is 9.13. The van der Waals surface area contributed by atoms with Crippen molar-refractivity contribution < 1.29 is 14.7 Å². The fourth-order valence-corrected chi connectivity index (χ4v) is 2.33. The number of carboxylic acids is 1. The number of hydrogen-bond acceptors (Lipinski definition) is 4. The molecule has 0 aliphatic carbocycles. The van der Waals surface area contributed by atoms with Crippen molar-refractivity contribution in [2.45, 2.75) is 32.1 Å². The molecular weight excluding hydrogens is 246 g/mol. The largest absolute Gasteiger partial charge is 0.480 e. The standard InChI is InChI=1S/C13H25N3O3/c14-6-3-1-2-5-12(17)16-8-4-7-15(9-10-16)11-13(18)19/h1-11,14H2,(H,18,19). The zero-order valence-electron chi connectivity index (χ0n) is 11.5. The van der Waals surface area contributed by atoms with Gasteiger partial charge in [-0.05, 0) is 25.8 Å². The van der Waals surface area contributed by atoms with Gasteiger partial charge in [0.2, 0.25) is 5.91 Å². The molecule has 3 N–H and O–H groups in total. The number of hydrogen-bond donors (Lipinski definition) is 2. The molecule has 0 spiro atoms. The average molecular weight is 271 g/mol. The van der Waals surface area contributed by atoms with Crippen molar-refractivity contribution in [2.75, 3.05) is 39.3 Å². The molecule has 6 heteroatoms. The first kappa shape index (κ1) is 15.9. The first-order valence-corrected chi connectivity index (χ1v) is 7.05. The minimum Gasteiger partial charge on any atom is -0.480 e. The van der Waals surface area contributed by atoms with Crippen LogP contribution in [-0.4, -0.2) is 66.1 Å². The van der Waals surface area contributed by atoms with E-state index in [0.717, 1.165) is 38.8 Å². The van der Waals surface area contributed by atoms with E-state index < -0.39 is 5.97 Å². The van der Waals surface area contributed by atoms with E-state index in [-0.39, 0.29) is 12.5 Å². The van der Waals surface area contributed by atoms with E-state index in [9.17, 15) is 9.59 Å². The van der Waals surface area contributed by atoms with Crippen molar-refractivity contribution in [1.29, 1.82) is 0 Å². The van der Waals surface area contributed by atoms with Crippen molar-refractivity contribution in [2.24, 2.45) is 5.73 Å². The van der Waals surface area contributed by atoms with Gasteiger partial charge in [-0.15, -0.1) is 0 Å². The molecule has 1 aliphatic heterocycles. The maximum Gasteiger partial charge on any atom is 0.317 e. The van der Waals surface area contributed by atoms with Crippen LogP contribution in [0.3, 0.4) is 0 Å². The number of nitrogens with zero attached hydrogens (tertiary/aromatic N) is 2. The molecular formula is C13H25N3O3. The Morgan fingerprint density at radius 2 is 1.84 bits per heavy atom. The van der Waals surface area contributed by atoms with Crippen LogP contribution < -0.4 is 5.73 Å². The lowest BCUT2D eigenvalue weighted by Crippen LogP contribution is -2.36. The Bertz CT molecular complexity index is 297. The number of amides is 1. The van der Waals surface area contributed by atoms with Crippen molar-refractivity contribution in [1.82, 2.24) is 9.80 Å². The molecule has 0 saturated carbocycles. The second kappa shape index (κ2) is 8.87. The molecule has 1 amide bonds. The molecule has 1 heterocycles. The minimum absolute atomic E-state index is 0.0680. The third-order valence-electron chi connectivity index (χ3n) is 3.39. The number of carbonyl (C=O) groups is 2. The molecule has 0 aromatic heterocycles. The van der Waals surface area contributed by atoms with E-state index in [1.54, 1.807) is 0 Å². The van der Waals surface area contributed by atoms with Gasteiger partial charge in [-0.25, -0.2) is 0 Å². The highest BCUT2D eigenvalue weighted by atomic mass is 16.4. The van der Waals surface area contributed by atoms with Crippen LogP contribution in [0, 0.1) is 0 Å². The summed E-state index contributed by atoms with van der Waals surface area (Å²) >= 11 is 0. The van der Waals surface area contributed by atoms with Gasteiger partial charge in [0.05, 0.1) is 6.54 Å². The number of rotatable bonds is 7. The maximum absolute atomic E-state index is 12.0. The quantitative estimate of drug-likeness (QED) is 0.642. The van der Waals surface area contributed by atoms with Crippen LogP contribution in [0.2, 0.25) is 0 Å². The Labute approximate surface area is 114 Å². The third kappa shape index (κ3) is 6.54. The molecule has 1 saturated heterocycles. The van der Waals surface area contributed by atoms with E-state index in [1.165, 1.54) is 0 Å². The molecule has 1 aliphatic rings. The molecule has 1 fully saturated rings. The lowest BCUT2D eigenvalue weighted by Gasteiger charge is -2.21. The predicted molar refractivity (Wildman–Crippen MR) is 72.8 cm³/mol. The summed E-state index contributed by atoms with van der Waals surface area (Å²) in [7, 11) is 0. The topological polar surface area (TPSA) is 86.9 Å². The lowest BCUT2D eigenvalue weighted by molar-refractivity contribution is -0.138. The molecule has 0 atom stereocenters. The Balaban J connectivity index is 2.27. The summed E-state index contributed by atoms with van der Waals surface area (Å²) in [5.41, 5.74) is 5.42. The molecule has 0 bridgehead atoms. The summed E-state index contributed by atoms with van der Waals surface area (Å²) in [6, 6.07) is 0. The van der Waals surface area contributed by atoms with Crippen LogP contribution >= 0.6 is 0 Å². The van der Waals surface area contributed by atoms with Gasteiger partial charge in [-0.1, -0.05) is 6.42 Å². The van der Waals surface area contributed by atoms with E-state index in [2.05, 4.69) is 0 Å². The van der Waals surface area contributed by atoms with Crippen LogP contribution in [0.25, 0.3) is 0 Å². The molecule has 19 heavy (non-hydrogen) atoms. The van der Waals surface area contributed by atoms with Crippen LogP contribution in [0.1, 0.15) is 32.1 Å². The van der Waals surface area contributed by atoms with Crippen LogP contribution in [0.15, 0.2) is 0 Å². The fourth-order valence-electron chi connectivity index (χ4n) is 2.33. The van der Waals surface area contributed by atoms with Gasteiger partial charge in [-0.2, -0.15) is 0 Å². The second-order valence-corrected chi connectivity index (χ2v) is 5.00. The summed E-state index contributed by atoms with van der Waals surface area (Å²) in [5, 5.41) is 8.77. The molecule has 1 rings (SSSR count). The highest BCUT2D eigenvalue weighted by molar-refractivity contribution is 5.76. The average Bonchev–Trinajstić information content (AvgIpc) is 2.59. The highest BCUT2D eigenvalue weighted by Crippen LogP contribution is 2.07. The van der Waals surface area contributed by atoms with Crippen molar-refractivity contribution in [3.8, 4) is 0 Å². The van der Waals surface area contributed by atoms with Crippen molar-refractivity contribution in [3.63, 3.8) is 0 Å². The smallest absolute Gasteiger partial charge is 0.317 e. The van der Waals surface area contributed by atoms with Crippen LogP contribution in [-0.2, 0) is 9.59 Å². The van der Waals surface area contributed by atoms with Crippen molar-refractivity contribution >= 4 is 11.9 Å². The molecule has 0 unspecified atom stereocenters. The van der Waals surface area contributed by atoms with Gasteiger partial charge in [0.1, 0.15) is 0 Å². The number of carboxylic acid groups (broad SMARTS) is 1. The van der Waals surface area contributed by atoms with Crippen molar-refractivity contribution in [3.05, 3.63) is 0 Å². The van der Waals surface area contributed by atoms with E-state index in [0.29, 0.717) is 26.1 Å². The van der Waals surface area contributed by atoms with Gasteiger partial charge in [0, 0.05) is 32.6 Å². The Hall–Kier alpha value is -1.14. The minimum atomic E-state index is -0.804. The normalized spacial score (nSPS) is 17.2. The second-order valence-electron chi connectivity index (χ2n) is 5.00. The lowest BCUT2D eigenvalue weighted by atomic mass is 10.2. The third-order valence-corrected chi connectivity index (χ3v) is 3.39. The maximum atomic E-state index is 12.0. The molecule has 6 nitrogen and oxygen atoms in total. The molecule has 110 valence electrons. The summed E-state index contributed by atoms with van der Waals surface area (Å²) in [4.78, 5) is 26.4. The number of nitrogens with two attached hydrogens (primary N) is 1. The summed E-state index contributed by atoms with van der Waals surface area (Å²) in [6.07, 6.45) is 4.30. The van der Waals surface area contributed by atoms with Gasteiger partial charge in [0.15, 0.2) is 0 Å². The Morgan fingerprint density at radius 3 is 2.53 bits per heavy atom. The van der Waals surface area contributed by atoms with Gasteiger partial charge < -0.3 is 15.7 Å². The van der Waals surface area contributed by atoms with Gasteiger partial charge in [0.25, 0.3) is 0 Å². The molecule has 0 radical (unpaired) electrons. The zero-order chi connectivity index (χ0) is 14.1. The predicted octanol–water partition coefficient (Wildman–Crippen LogP) is 0.124. The summed E-state index contributed by atoms with van der Waals surface area (Å²) < 4.78 is 0. The molecule has 0 aromatic carbocycles. The molecule has 0 aromatic rings. The van der Waals surface area contributed by atoms with Gasteiger partial charge in [-0.3, -0.25) is 14.5 Å². The highest BCUT2D eigenvalue weighted by Gasteiger charge is 2.19. The monoisotopic (exact) mass is 271 g/mol. The SMILES string of the molecule is NCCCCCC(=O)N1CCCN(CC(=O)O)CC1. The Morgan fingerprint density at radius 1 is 1.05 bits per heavy atom. The van der Waals surface area contributed by atoms with Crippen LogP contribution in [0.4, 0.5) is 0 Å². The summed E-state index contributed by atoms with van der Waals surface area (Å²) in [6.45, 7) is 3.54. The van der Waals surface area contributed by atoms with E-state index in [4.69, 9.17) is 10.8 Å². The zero-order valence-corrected chi connectivity index (χ0v) is 11.5. The first-order valence-electron chi connectivity index (χ1n) is 7.05. The number of carbonyl (C=O) groups excluding carboxylic acids is 1. The Kier molecular flexibility index (Phi) is 7.43.